The quantitative estimate of drug-likeness (QED) is 0.418. The molecular weight excluding hydrogens is 506 g/mol. The van der Waals surface area contributed by atoms with E-state index in [9.17, 15) is 19.2 Å². The SMILES string of the molecule is CCN(CCn1c(=O)n(-c2ncccn2)c(=O)n1C)c1c(F)cc(N2C[C@H](CNC(C)=O)OC2=O)cc1F. The van der Waals surface area contributed by atoms with Gasteiger partial charge >= 0.3 is 17.5 Å². The van der Waals surface area contributed by atoms with Gasteiger partial charge in [0.05, 0.1) is 25.3 Å². The van der Waals surface area contributed by atoms with Crippen LogP contribution in [0, 0.1) is 11.6 Å². The molecule has 0 spiro atoms. The molecule has 15 heteroatoms. The number of amides is 2. The minimum Gasteiger partial charge on any atom is -0.442 e. The molecule has 1 fully saturated rings. The molecule has 1 aromatic carbocycles. The van der Waals surface area contributed by atoms with Crippen LogP contribution in [0.3, 0.4) is 0 Å². The third kappa shape index (κ3) is 5.12. The number of likely N-dealkylation sites (N-methyl/N-ethyl adjacent to an activating group) is 1. The van der Waals surface area contributed by atoms with Gasteiger partial charge in [-0.05, 0) is 13.0 Å². The lowest BCUT2D eigenvalue weighted by molar-refractivity contribution is -0.119. The summed E-state index contributed by atoms with van der Waals surface area (Å²) in [6.45, 7) is 3.19. The largest absolute Gasteiger partial charge is 0.442 e. The average molecular weight is 533 g/mol. The zero-order chi connectivity index (χ0) is 27.6. The topological polar surface area (TPSA) is 137 Å². The number of aromatic nitrogens is 5. The summed E-state index contributed by atoms with van der Waals surface area (Å²) in [5.74, 6) is -2.22. The third-order valence-corrected chi connectivity index (χ3v) is 6.04. The van der Waals surface area contributed by atoms with Crippen LogP contribution >= 0.6 is 0 Å². The number of nitrogens with one attached hydrogen (secondary N) is 1. The van der Waals surface area contributed by atoms with Gasteiger partial charge < -0.3 is 15.0 Å². The molecule has 1 saturated heterocycles. The fourth-order valence-corrected chi connectivity index (χ4v) is 4.15. The molecular formula is C23H26F2N8O5. The van der Waals surface area contributed by atoms with Gasteiger partial charge in [-0.25, -0.2) is 42.5 Å². The highest BCUT2D eigenvalue weighted by Gasteiger charge is 2.33. The van der Waals surface area contributed by atoms with Crippen molar-refractivity contribution in [1.29, 1.82) is 0 Å². The molecule has 1 atom stereocenters. The Balaban J connectivity index is 1.54. The van der Waals surface area contributed by atoms with Gasteiger partial charge in [0.2, 0.25) is 11.9 Å². The Labute approximate surface area is 214 Å². The fourth-order valence-electron chi connectivity index (χ4n) is 4.15. The van der Waals surface area contributed by atoms with E-state index in [4.69, 9.17) is 4.74 Å². The molecule has 2 amide bonds. The van der Waals surface area contributed by atoms with Gasteiger partial charge in [0.1, 0.15) is 11.8 Å². The van der Waals surface area contributed by atoms with Gasteiger partial charge in [-0.1, -0.05) is 0 Å². The van der Waals surface area contributed by atoms with Gasteiger partial charge in [-0.3, -0.25) is 9.69 Å². The number of carbonyl (C=O) groups excluding carboxylic acids is 2. The average Bonchev–Trinajstić information content (AvgIpc) is 3.36. The van der Waals surface area contributed by atoms with E-state index in [1.54, 1.807) is 13.0 Å². The second kappa shape index (κ2) is 10.8. The number of hydrogen-bond acceptors (Lipinski definition) is 8. The van der Waals surface area contributed by atoms with Gasteiger partial charge in [0, 0.05) is 51.6 Å². The Bertz CT molecular complexity index is 1450. The van der Waals surface area contributed by atoms with Crippen molar-refractivity contribution in [3.63, 3.8) is 0 Å². The smallest absolute Gasteiger partial charge is 0.414 e. The lowest BCUT2D eigenvalue weighted by Gasteiger charge is -2.25. The number of halogens is 2. The van der Waals surface area contributed by atoms with Crippen molar-refractivity contribution < 1.29 is 23.1 Å². The van der Waals surface area contributed by atoms with Crippen molar-refractivity contribution in [2.24, 2.45) is 7.05 Å². The molecule has 0 saturated carbocycles. The summed E-state index contributed by atoms with van der Waals surface area (Å²) in [7, 11) is 1.39. The lowest BCUT2D eigenvalue weighted by atomic mass is 10.2. The second-order valence-corrected chi connectivity index (χ2v) is 8.49. The number of hydrogen-bond donors (Lipinski definition) is 1. The van der Waals surface area contributed by atoms with Crippen LogP contribution in [0.2, 0.25) is 0 Å². The van der Waals surface area contributed by atoms with Crippen molar-refractivity contribution in [3.05, 3.63) is 63.2 Å². The molecule has 0 radical (unpaired) electrons. The van der Waals surface area contributed by atoms with E-state index in [1.165, 1.54) is 31.3 Å². The van der Waals surface area contributed by atoms with Crippen LogP contribution in [-0.4, -0.2) is 68.2 Å². The maximum Gasteiger partial charge on any atom is 0.414 e. The molecule has 2 aromatic heterocycles. The minimum atomic E-state index is -0.920. The zero-order valence-electron chi connectivity index (χ0n) is 20.9. The molecule has 1 aliphatic rings. The summed E-state index contributed by atoms with van der Waals surface area (Å²) in [5.41, 5.74) is -1.74. The Morgan fingerprint density at radius 3 is 2.42 bits per heavy atom. The third-order valence-electron chi connectivity index (χ3n) is 6.04. The van der Waals surface area contributed by atoms with Gasteiger partial charge in [-0.15, -0.1) is 0 Å². The first-order chi connectivity index (χ1) is 18.1. The highest BCUT2D eigenvalue weighted by atomic mass is 19.1. The number of cyclic esters (lactones) is 1. The summed E-state index contributed by atoms with van der Waals surface area (Å²) in [5, 5.41) is 2.53. The number of ether oxygens (including phenoxy) is 1. The van der Waals surface area contributed by atoms with E-state index < -0.39 is 35.2 Å². The molecule has 0 aliphatic carbocycles. The molecule has 38 heavy (non-hydrogen) atoms. The summed E-state index contributed by atoms with van der Waals surface area (Å²) >= 11 is 0. The first-order valence-electron chi connectivity index (χ1n) is 11.7. The van der Waals surface area contributed by atoms with Gasteiger partial charge in [0.15, 0.2) is 11.6 Å². The Hall–Kier alpha value is -4.56. The van der Waals surface area contributed by atoms with Gasteiger partial charge in [-0.2, -0.15) is 4.57 Å². The fraction of sp³-hybridized carbons (Fsp3) is 0.391. The van der Waals surface area contributed by atoms with Crippen molar-refractivity contribution in [2.45, 2.75) is 26.5 Å². The van der Waals surface area contributed by atoms with Crippen LogP contribution in [0.4, 0.5) is 25.0 Å². The first kappa shape index (κ1) is 26.5. The Morgan fingerprint density at radius 2 is 1.82 bits per heavy atom. The highest BCUT2D eigenvalue weighted by Crippen LogP contribution is 2.31. The monoisotopic (exact) mass is 532 g/mol. The zero-order valence-corrected chi connectivity index (χ0v) is 20.9. The molecule has 4 rings (SSSR count). The number of carbonyl (C=O) groups is 2. The maximum atomic E-state index is 15.2. The summed E-state index contributed by atoms with van der Waals surface area (Å²) in [6, 6.07) is 3.59. The number of benzene rings is 1. The Morgan fingerprint density at radius 1 is 1.16 bits per heavy atom. The Kier molecular flexibility index (Phi) is 7.55. The van der Waals surface area contributed by atoms with Crippen molar-refractivity contribution >= 4 is 23.4 Å². The van der Waals surface area contributed by atoms with Gasteiger partial charge in [0.25, 0.3) is 0 Å². The number of anilines is 2. The minimum absolute atomic E-state index is 0.00783. The predicted octanol–water partition coefficient (Wildman–Crippen LogP) is 0.394. The standard InChI is InChI=1S/C23H26F2N8O5/c1-4-30(8-9-32-22(36)33(21(35)29(32)3)20-26-6-5-7-27-20)19-17(24)10-15(11-18(19)25)31-13-16(38-23(31)37)12-28-14(2)34/h5-7,10-11,16H,4,8-9,12-13H2,1-3H3,(H,28,34)/t16-/m0/s1. The summed E-state index contributed by atoms with van der Waals surface area (Å²) in [4.78, 5) is 59.2. The van der Waals surface area contributed by atoms with Crippen LogP contribution in [0.15, 0.2) is 40.2 Å². The van der Waals surface area contributed by atoms with E-state index in [0.29, 0.717) is 0 Å². The van der Waals surface area contributed by atoms with Crippen molar-refractivity contribution in [2.75, 3.05) is 36.0 Å². The molecule has 202 valence electrons. The van der Waals surface area contributed by atoms with Crippen LogP contribution < -0.4 is 26.5 Å². The van der Waals surface area contributed by atoms with Crippen LogP contribution in [0.1, 0.15) is 13.8 Å². The molecule has 3 aromatic rings. The second-order valence-electron chi connectivity index (χ2n) is 8.49. The van der Waals surface area contributed by atoms with E-state index >= 15 is 8.78 Å². The van der Waals surface area contributed by atoms with Crippen LogP contribution in [-0.2, 0) is 23.1 Å². The van der Waals surface area contributed by atoms with E-state index in [0.717, 1.165) is 31.0 Å². The molecule has 1 N–H and O–H groups in total. The normalized spacial score (nSPS) is 15.0. The molecule has 0 unspecified atom stereocenters. The number of nitrogens with zero attached hydrogens (tertiary/aromatic N) is 7. The molecule has 3 heterocycles. The molecule has 13 nitrogen and oxygen atoms in total. The highest BCUT2D eigenvalue weighted by molar-refractivity contribution is 5.90. The summed E-state index contributed by atoms with van der Waals surface area (Å²) in [6.07, 6.45) is 1.34. The van der Waals surface area contributed by atoms with Crippen molar-refractivity contribution in [3.8, 4) is 5.95 Å². The maximum absolute atomic E-state index is 15.2. The molecule has 0 bridgehead atoms. The van der Waals surface area contributed by atoms with E-state index in [1.807, 2.05) is 0 Å². The van der Waals surface area contributed by atoms with E-state index in [2.05, 4.69) is 15.3 Å². The first-order valence-corrected chi connectivity index (χ1v) is 11.7. The molecule has 1 aliphatic heterocycles. The van der Waals surface area contributed by atoms with Crippen LogP contribution in [0.25, 0.3) is 5.95 Å². The number of rotatable bonds is 9. The predicted molar refractivity (Wildman–Crippen MR) is 131 cm³/mol. The van der Waals surface area contributed by atoms with Crippen molar-refractivity contribution in [1.82, 2.24) is 29.2 Å². The van der Waals surface area contributed by atoms with Crippen LogP contribution in [0.5, 0.6) is 0 Å². The lowest BCUT2D eigenvalue weighted by Crippen LogP contribution is -2.35. The van der Waals surface area contributed by atoms with E-state index in [-0.39, 0.29) is 56.0 Å². The summed E-state index contributed by atoms with van der Waals surface area (Å²) < 4.78 is 38.6.